The minimum Gasteiger partial charge on any atom is -0.491 e. The fourth-order valence-electron chi connectivity index (χ4n) is 2.94. The lowest BCUT2D eigenvalue weighted by Crippen LogP contribution is -2.22. The van der Waals surface area contributed by atoms with E-state index in [4.69, 9.17) is 4.74 Å². The summed E-state index contributed by atoms with van der Waals surface area (Å²) in [5.41, 5.74) is 3.18. The first kappa shape index (κ1) is 20.7. The first-order chi connectivity index (χ1) is 14.1. The first-order valence-electron chi connectivity index (χ1n) is 10.2. The average molecular weight is 396 g/mol. The van der Waals surface area contributed by atoms with Crippen LogP contribution in [0.4, 0.5) is 17.1 Å². The molecule has 6 heteroatoms. The van der Waals surface area contributed by atoms with E-state index in [9.17, 15) is 9.59 Å². The smallest absolute Gasteiger partial charge is 0.243 e. The number of hydrogen-bond acceptors (Lipinski definition) is 4. The molecule has 1 aliphatic rings. The zero-order chi connectivity index (χ0) is 20.6. The van der Waals surface area contributed by atoms with Gasteiger partial charge in [0, 0.05) is 17.3 Å². The Balaban J connectivity index is 1.56. The van der Waals surface area contributed by atoms with Gasteiger partial charge in [0.2, 0.25) is 11.8 Å². The van der Waals surface area contributed by atoms with Crippen molar-refractivity contribution in [2.75, 3.05) is 29.1 Å². The summed E-state index contributed by atoms with van der Waals surface area (Å²) in [6.45, 7) is 4.78. The molecule has 0 aliphatic heterocycles. The molecule has 0 spiro atoms. The third-order valence-electron chi connectivity index (χ3n) is 4.90. The number of benzene rings is 2. The van der Waals surface area contributed by atoms with E-state index in [1.165, 1.54) is 0 Å². The molecular weight excluding hydrogens is 366 g/mol. The lowest BCUT2D eigenvalue weighted by atomic mass is 10.1. The van der Waals surface area contributed by atoms with Crippen LogP contribution in [0.15, 0.2) is 42.5 Å². The van der Waals surface area contributed by atoms with E-state index in [1.54, 1.807) is 0 Å². The molecule has 0 saturated heterocycles. The van der Waals surface area contributed by atoms with E-state index in [2.05, 4.69) is 22.9 Å². The van der Waals surface area contributed by atoms with E-state index >= 15 is 0 Å². The van der Waals surface area contributed by atoms with Crippen molar-refractivity contribution in [2.45, 2.75) is 39.5 Å². The van der Waals surface area contributed by atoms with Crippen molar-refractivity contribution in [3.8, 4) is 5.75 Å². The van der Waals surface area contributed by atoms with E-state index in [-0.39, 0.29) is 24.3 Å². The van der Waals surface area contributed by atoms with Crippen LogP contribution in [-0.4, -0.2) is 25.0 Å². The van der Waals surface area contributed by atoms with E-state index in [1.807, 2.05) is 49.4 Å². The number of unbranched alkanes of at least 4 members (excludes halogenated alkanes) is 1. The van der Waals surface area contributed by atoms with Gasteiger partial charge in [-0.25, -0.2) is 0 Å². The van der Waals surface area contributed by atoms with Crippen LogP contribution in [0.2, 0.25) is 0 Å². The van der Waals surface area contributed by atoms with Crippen LogP contribution in [-0.2, 0) is 9.59 Å². The normalized spacial score (nSPS) is 12.9. The maximum absolute atomic E-state index is 12.4. The molecule has 1 saturated carbocycles. The van der Waals surface area contributed by atoms with Crippen molar-refractivity contribution in [3.05, 3.63) is 48.0 Å². The number of rotatable bonds is 10. The fraction of sp³-hybridized carbons (Fsp3) is 0.391. The van der Waals surface area contributed by atoms with Crippen molar-refractivity contribution in [1.29, 1.82) is 0 Å². The molecular formula is C23H29N3O3. The second-order valence-corrected chi connectivity index (χ2v) is 7.34. The predicted octanol–water partition coefficient (Wildman–Crippen LogP) is 4.57. The van der Waals surface area contributed by atoms with Gasteiger partial charge in [-0.05, 0) is 56.0 Å². The van der Waals surface area contributed by atoms with Gasteiger partial charge in [0.15, 0.2) is 0 Å². The summed E-state index contributed by atoms with van der Waals surface area (Å²) in [5, 5.41) is 9.04. The molecule has 154 valence electrons. The molecule has 1 aliphatic carbocycles. The van der Waals surface area contributed by atoms with Gasteiger partial charge in [-0.2, -0.15) is 0 Å². The molecule has 3 rings (SSSR count). The summed E-state index contributed by atoms with van der Waals surface area (Å²) in [6.07, 6.45) is 3.95. The molecule has 6 nitrogen and oxygen atoms in total. The highest BCUT2D eigenvalue weighted by molar-refractivity contribution is 5.97. The number of nitrogens with one attached hydrogen (secondary N) is 3. The van der Waals surface area contributed by atoms with E-state index < -0.39 is 0 Å². The second-order valence-electron chi connectivity index (χ2n) is 7.34. The molecule has 3 N–H and O–H groups in total. The number of ether oxygens (including phenoxy) is 1. The minimum atomic E-state index is -0.164. The van der Waals surface area contributed by atoms with E-state index in [0.29, 0.717) is 18.0 Å². The van der Waals surface area contributed by atoms with Crippen LogP contribution in [0, 0.1) is 12.8 Å². The largest absolute Gasteiger partial charge is 0.491 e. The second kappa shape index (κ2) is 9.96. The SMILES string of the molecule is CCCCOc1ccccc1NC(=O)CNc1cccc(NC(=O)C2CC2)c1C. The first-order valence-corrected chi connectivity index (χ1v) is 10.2. The van der Waals surface area contributed by atoms with Crippen LogP contribution >= 0.6 is 0 Å². The fourth-order valence-corrected chi connectivity index (χ4v) is 2.94. The number of para-hydroxylation sites is 2. The Morgan fingerprint density at radius 1 is 1.00 bits per heavy atom. The molecule has 0 unspecified atom stereocenters. The Labute approximate surface area is 172 Å². The van der Waals surface area contributed by atoms with Gasteiger partial charge in [0.25, 0.3) is 0 Å². The minimum absolute atomic E-state index is 0.0719. The van der Waals surface area contributed by atoms with E-state index in [0.717, 1.165) is 42.6 Å². The Hall–Kier alpha value is -3.02. The average Bonchev–Trinajstić information content (AvgIpc) is 3.55. The Kier molecular flexibility index (Phi) is 7.11. The van der Waals surface area contributed by atoms with Gasteiger partial charge in [-0.1, -0.05) is 31.5 Å². The van der Waals surface area contributed by atoms with Crippen LogP contribution in [0.1, 0.15) is 38.2 Å². The molecule has 0 bridgehead atoms. The highest BCUT2D eigenvalue weighted by Crippen LogP contribution is 2.31. The van der Waals surface area contributed by atoms with Crippen LogP contribution < -0.4 is 20.7 Å². The zero-order valence-corrected chi connectivity index (χ0v) is 17.1. The summed E-state index contributed by atoms with van der Waals surface area (Å²) in [4.78, 5) is 24.5. The summed E-state index contributed by atoms with van der Waals surface area (Å²) in [7, 11) is 0. The molecule has 2 amide bonds. The highest BCUT2D eigenvalue weighted by Gasteiger charge is 2.29. The van der Waals surface area contributed by atoms with Crippen molar-refractivity contribution in [1.82, 2.24) is 0 Å². The van der Waals surface area contributed by atoms with Gasteiger partial charge in [0.05, 0.1) is 18.8 Å². The van der Waals surface area contributed by atoms with Crippen molar-refractivity contribution in [2.24, 2.45) is 5.92 Å². The zero-order valence-electron chi connectivity index (χ0n) is 17.1. The van der Waals surface area contributed by atoms with Gasteiger partial charge in [-0.3, -0.25) is 9.59 Å². The molecule has 0 aromatic heterocycles. The third-order valence-corrected chi connectivity index (χ3v) is 4.90. The standard InChI is InChI=1S/C23H29N3O3/c1-3-4-14-29-21-11-6-5-8-20(21)25-22(27)15-24-18-9-7-10-19(16(18)2)26-23(28)17-12-13-17/h5-11,17,24H,3-4,12-15H2,1-2H3,(H,25,27)(H,26,28). The van der Waals surface area contributed by atoms with Gasteiger partial charge in [0.1, 0.15) is 5.75 Å². The monoisotopic (exact) mass is 395 g/mol. The quantitative estimate of drug-likeness (QED) is 0.515. The predicted molar refractivity (Wildman–Crippen MR) is 116 cm³/mol. The van der Waals surface area contributed by atoms with Crippen LogP contribution in [0.3, 0.4) is 0 Å². The summed E-state index contributed by atoms with van der Waals surface area (Å²) in [5.74, 6) is 0.734. The Morgan fingerprint density at radius 3 is 2.48 bits per heavy atom. The summed E-state index contributed by atoms with van der Waals surface area (Å²) in [6, 6.07) is 13.1. The van der Waals surface area contributed by atoms with Crippen molar-refractivity contribution >= 4 is 28.9 Å². The highest BCUT2D eigenvalue weighted by atomic mass is 16.5. The molecule has 0 heterocycles. The number of hydrogen-bond donors (Lipinski definition) is 3. The number of amides is 2. The molecule has 0 radical (unpaired) electrons. The Bertz CT molecular complexity index is 862. The molecule has 2 aromatic carbocycles. The third kappa shape index (κ3) is 5.98. The topological polar surface area (TPSA) is 79.5 Å². The Morgan fingerprint density at radius 2 is 1.72 bits per heavy atom. The van der Waals surface area contributed by atoms with Gasteiger partial charge in [-0.15, -0.1) is 0 Å². The molecule has 1 fully saturated rings. The number of carbonyl (C=O) groups is 2. The van der Waals surface area contributed by atoms with Gasteiger partial charge >= 0.3 is 0 Å². The molecule has 0 atom stereocenters. The summed E-state index contributed by atoms with van der Waals surface area (Å²) < 4.78 is 5.76. The lowest BCUT2D eigenvalue weighted by Gasteiger charge is -2.15. The maximum Gasteiger partial charge on any atom is 0.243 e. The summed E-state index contributed by atoms with van der Waals surface area (Å²) >= 11 is 0. The number of carbonyl (C=O) groups excluding carboxylic acids is 2. The number of anilines is 3. The maximum atomic E-state index is 12.4. The van der Waals surface area contributed by atoms with Crippen molar-refractivity contribution in [3.63, 3.8) is 0 Å². The molecule has 2 aromatic rings. The van der Waals surface area contributed by atoms with Gasteiger partial charge < -0.3 is 20.7 Å². The molecule has 29 heavy (non-hydrogen) atoms. The van der Waals surface area contributed by atoms with Crippen LogP contribution in [0.5, 0.6) is 5.75 Å². The van der Waals surface area contributed by atoms with Crippen molar-refractivity contribution < 1.29 is 14.3 Å². The lowest BCUT2D eigenvalue weighted by molar-refractivity contribution is -0.117. The van der Waals surface area contributed by atoms with Crippen LogP contribution in [0.25, 0.3) is 0 Å².